The number of nitriles is 1. The molecule has 1 amide bonds. The van der Waals surface area contributed by atoms with Gasteiger partial charge in [-0.25, -0.2) is 4.79 Å². The number of amides is 1. The van der Waals surface area contributed by atoms with Gasteiger partial charge in [0, 0.05) is 37.8 Å². The van der Waals surface area contributed by atoms with E-state index in [0.717, 1.165) is 36.2 Å². The minimum atomic E-state index is -0.193. The number of nitrogens with two attached hydrogens (primary N) is 1. The second kappa shape index (κ2) is 9.12. The number of aromatic nitrogens is 2. The maximum atomic E-state index is 13.3. The Hall–Kier alpha value is -3.57. The third-order valence-corrected chi connectivity index (χ3v) is 6.17. The van der Waals surface area contributed by atoms with Gasteiger partial charge in [-0.15, -0.1) is 0 Å². The topological polar surface area (TPSA) is 109 Å². The molecule has 4 rings (SSSR count). The standard InChI is InChI=1S/C25H30N6O2/c1-16(2)28-24(32)19-11-21-23(22(12-19)30-10-6-9-20(27)15-30)31(25(33)29(21)3)14-18-8-5-4-7-17(18)13-26/h4-5,7-8,11-12,16,20H,6,9-10,14-15,27H2,1-3H3,(H,28,32)/t20-/m1/s1. The summed E-state index contributed by atoms with van der Waals surface area (Å²) in [6, 6.07) is 13.2. The molecule has 1 fully saturated rings. The van der Waals surface area contributed by atoms with Crippen LogP contribution >= 0.6 is 0 Å². The summed E-state index contributed by atoms with van der Waals surface area (Å²) in [5, 5.41) is 12.5. The fraction of sp³-hybridized carbons (Fsp3) is 0.400. The van der Waals surface area contributed by atoms with E-state index in [1.165, 1.54) is 0 Å². The van der Waals surface area contributed by atoms with Gasteiger partial charge in [0.2, 0.25) is 0 Å². The molecule has 0 saturated carbocycles. The van der Waals surface area contributed by atoms with Crippen molar-refractivity contribution in [1.29, 1.82) is 5.26 Å². The number of anilines is 1. The molecule has 2 aromatic carbocycles. The second-order valence-corrected chi connectivity index (χ2v) is 9.04. The monoisotopic (exact) mass is 446 g/mol. The van der Waals surface area contributed by atoms with E-state index in [9.17, 15) is 14.9 Å². The van der Waals surface area contributed by atoms with E-state index >= 15 is 0 Å². The van der Waals surface area contributed by atoms with Crippen molar-refractivity contribution in [3.63, 3.8) is 0 Å². The fourth-order valence-electron chi connectivity index (χ4n) is 4.55. The van der Waals surface area contributed by atoms with Gasteiger partial charge in [-0.05, 0) is 50.5 Å². The minimum Gasteiger partial charge on any atom is -0.368 e. The summed E-state index contributed by atoms with van der Waals surface area (Å²) in [7, 11) is 1.72. The largest absolute Gasteiger partial charge is 0.368 e. The van der Waals surface area contributed by atoms with Gasteiger partial charge >= 0.3 is 5.69 Å². The van der Waals surface area contributed by atoms with Crippen LogP contribution in [0, 0.1) is 11.3 Å². The highest BCUT2D eigenvalue weighted by Gasteiger charge is 2.25. The van der Waals surface area contributed by atoms with Crippen LogP contribution in [-0.2, 0) is 13.6 Å². The first kappa shape index (κ1) is 22.6. The maximum absolute atomic E-state index is 13.3. The molecular weight excluding hydrogens is 416 g/mol. The average molecular weight is 447 g/mol. The number of carbonyl (C=O) groups excluding carboxylic acids is 1. The van der Waals surface area contributed by atoms with Gasteiger partial charge in [-0.1, -0.05) is 18.2 Å². The summed E-state index contributed by atoms with van der Waals surface area (Å²) < 4.78 is 3.27. The van der Waals surface area contributed by atoms with Crippen molar-refractivity contribution in [3.05, 3.63) is 63.6 Å². The lowest BCUT2D eigenvalue weighted by Crippen LogP contribution is -2.43. The summed E-state index contributed by atoms with van der Waals surface area (Å²) in [5.41, 5.74) is 10.2. The zero-order valence-electron chi connectivity index (χ0n) is 19.3. The Balaban J connectivity index is 1.94. The fourth-order valence-corrected chi connectivity index (χ4v) is 4.55. The first-order valence-corrected chi connectivity index (χ1v) is 11.3. The molecule has 3 N–H and O–H groups in total. The van der Waals surface area contributed by atoms with Crippen LogP contribution in [0.25, 0.3) is 11.0 Å². The molecule has 2 heterocycles. The van der Waals surface area contributed by atoms with E-state index in [0.29, 0.717) is 23.2 Å². The van der Waals surface area contributed by atoms with Crippen molar-refractivity contribution in [3.8, 4) is 6.07 Å². The number of rotatable bonds is 5. The van der Waals surface area contributed by atoms with E-state index in [1.807, 2.05) is 38.1 Å². The Labute approximate surface area is 193 Å². The molecule has 8 heteroatoms. The molecule has 0 unspecified atom stereocenters. The number of nitrogens with zero attached hydrogens (tertiary/aromatic N) is 4. The van der Waals surface area contributed by atoms with Gasteiger partial charge in [-0.2, -0.15) is 5.26 Å². The van der Waals surface area contributed by atoms with Crippen LogP contribution < -0.4 is 21.6 Å². The third-order valence-electron chi connectivity index (χ3n) is 6.17. The normalized spacial score (nSPS) is 16.2. The lowest BCUT2D eigenvalue weighted by atomic mass is 10.0. The molecule has 0 aliphatic carbocycles. The second-order valence-electron chi connectivity index (χ2n) is 9.04. The van der Waals surface area contributed by atoms with Gasteiger partial charge in [-0.3, -0.25) is 13.9 Å². The maximum Gasteiger partial charge on any atom is 0.329 e. The van der Waals surface area contributed by atoms with E-state index in [1.54, 1.807) is 28.3 Å². The molecule has 8 nitrogen and oxygen atoms in total. The minimum absolute atomic E-state index is 0.00374. The van der Waals surface area contributed by atoms with E-state index < -0.39 is 0 Å². The molecule has 0 bridgehead atoms. The zero-order valence-corrected chi connectivity index (χ0v) is 19.3. The predicted octanol–water partition coefficient (Wildman–Crippen LogP) is 2.33. The van der Waals surface area contributed by atoms with Crippen LogP contribution in [0.1, 0.15) is 48.2 Å². The molecule has 3 aromatic rings. The third kappa shape index (κ3) is 4.37. The van der Waals surface area contributed by atoms with Crippen LogP contribution in [0.15, 0.2) is 41.2 Å². The van der Waals surface area contributed by atoms with Gasteiger partial charge in [0.05, 0.1) is 34.9 Å². The summed E-state index contributed by atoms with van der Waals surface area (Å²) in [5.74, 6) is -0.176. The molecule has 1 saturated heterocycles. The van der Waals surface area contributed by atoms with Gasteiger partial charge in [0.1, 0.15) is 0 Å². The highest BCUT2D eigenvalue weighted by atomic mass is 16.2. The molecular formula is C25H30N6O2. The SMILES string of the molecule is CC(C)NC(=O)c1cc(N2CCC[C@@H](N)C2)c2c(c1)n(C)c(=O)n2Cc1ccccc1C#N. The van der Waals surface area contributed by atoms with Crippen molar-refractivity contribution < 1.29 is 4.79 Å². The van der Waals surface area contributed by atoms with Gasteiger partial charge < -0.3 is 16.0 Å². The molecule has 172 valence electrons. The number of benzene rings is 2. The zero-order chi connectivity index (χ0) is 23.7. The predicted molar refractivity (Wildman–Crippen MR) is 129 cm³/mol. The highest BCUT2D eigenvalue weighted by Crippen LogP contribution is 2.31. The van der Waals surface area contributed by atoms with Crippen LogP contribution in [0.3, 0.4) is 0 Å². The van der Waals surface area contributed by atoms with Gasteiger partial charge in [0.25, 0.3) is 5.91 Å². The Morgan fingerprint density at radius 3 is 2.76 bits per heavy atom. The molecule has 0 spiro atoms. The lowest BCUT2D eigenvalue weighted by Gasteiger charge is -2.33. The van der Waals surface area contributed by atoms with E-state index in [-0.39, 0.29) is 30.2 Å². The van der Waals surface area contributed by atoms with Crippen LogP contribution in [-0.4, -0.2) is 40.2 Å². The first-order chi connectivity index (χ1) is 15.8. The number of hydrogen-bond donors (Lipinski definition) is 2. The summed E-state index contributed by atoms with van der Waals surface area (Å²) in [4.78, 5) is 28.4. The molecule has 1 atom stereocenters. The number of nitrogens with one attached hydrogen (secondary N) is 1. The quantitative estimate of drug-likeness (QED) is 0.625. The lowest BCUT2D eigenvalue weighted by molar-refractivity contribution is 0.0943. The van der Waals surface area contributed by atoms with Crippen LogP contribution in [0.5, 0.6) is 0 Å². The Kier molecular flexibility index (Phi) is 6.25. The Morgan fingerprint density at radius 1 is 1.30 bits per heavy atom. The van der Waals surface area contributed by atoms with Crippen molar-refractivity contribution in [2.45, 2.75) is 45.3 Å². The number of aryl methyl sites for hydroxylation is 1. The van der Waals surface area contributed by atoms with E-state index in [4.69, 9.17) is 5.73 Å². The Morgan fingerprint density at radius 2 is 2.06 bits per heavy atom. The van der Waals surface area contributed by atoms with Crippen molar-refractivity contribution in [2.75, 3.05) is 18.0 Å². The van der Waals surface area contributed by atoms with Crippen molar-refractivity contribution in [1.82, 2.24) is 14.5 Å². The molecule has 1 aliphatic rings. The number of carbonyl (C=O) groups is 1. The number of imidazole rings is 1. The molecule has 1 aliphatic heterocycles. The van der Waals surface area contributed by atoms with Crippen LogP contribution in [0.2, 0.25) is 0 Å². The summed E-state index contributed by atoms with van der Waals surface area (Å²) in [6.07, 6.45) is 1.89. The molecule has 0 radical (unpaired) electrons. The number of piperidine rings is 1. The van der Waals surface area contributed by atoms with Crippen LogP contribution in [0.4, 0.5) is 5.69 Å². The highest BCUT2D eigenvalue weighted by molar-refractivity contribution is 6.02. The first-order valence-electron chi connectivity index (χ1n) is 11.3. The summed E-state index contributed by atoms with van der Waals surface area (Å²) in [6.45, 7) is 5.56. The van der Waals surface area contributed by atoms with Gasteiger partial charge in [0.15, 0.2) is 0 Å². The van der Waals surface area contributed by atoms with Crippen molar-refractivity contribution in [2.24, 2.45) is 12.8 Å². The summed E-state index contributed by atoms with van der Waals surface area (Å²) >= 11 is 0. The Bertz CT molecular complexity index is 1300. The molecule has 1 aromatic heterocycles. The molecule has 33 heavy (non-hydrogen) atoms. The number of fused-ring (bicyclic) bond motifs is 1. The number of hydrogen-bond acceptors (Lipinski definition) is 5. The van der Waals surface area contributed by atoms with E-state index in [2.05, 4.69) is 16.3 Å². The van der Waals surface area contributed by atoms with Crippen molar-refractivity contribution >= 4 is 22.6 Å². The average Bonchev–Trinajstić information content (AvgIpc) is 3.03. The smallest absolute Gasteiger partial charge is 0.329 e.